The van der Waals surface area contributed by atoms with E-state index in [0.717, 1.165) is 24.2 Å². The highest BCUT2D eigenvalue weighted by Gasteiger charge is 2.23. The highest BCUT2D eigenvalue weighted by molar-refractivity contribution is 6.30. The third-order valence-corrected chi connectivity index (χ3v) is 5.07. The van der Waals surface area contributed by atoms with Crippen LogP contribution in [0.4, 0.5) is 0 Å². The maximum atomic E-state index is 12.4. The first-order valence-electron chi connectivity index (χ1n) is 9.59. The average molecular weight is 401 g/mol. The Kier molecular flexibility index (Phi) is 7.31. The first kappa shape index (κ1) is 20.2. The first-order valence-corrected chi connectivity index (χ1v) is 9.97. The molecule has 0 spiro atoms. The third kappa shape index (κ3) is 6.27. The Balaban J connectivity index is 1.34. The Morgan fingerprint density at radius 2 is 1.71 bits per heavy atom. The normalized spacial score (nSPS) is 14.5. The van der Waals surface area contributed by atoms with Crippen LogP contribution in [0.2, 0.25) is 5.02 Å². The monoisotopic (exact) mass is 400 g/mol. The molecule has 1 fully saturated rings. The quantitative estimate of drug-likeness (QED) is 0.774. The molecule has 0 radical (unpaired) electrons. The second kappa shape index (κ2) is 10.1. The van der Waals surface area contributed by atoms with E-state index in [-0.39, 0.29) is 17.9 Å². The van der Waals surface area contributed by atoms with Crippen LogP contribution in [0.3, 0.4) is 0 Å². The van der Waals surface area contributed by atoms with Gasteiger partial charge in [-0.3, -0.25) is 9.59 Å². The molecule has 1 aliphatic rings. The molecule has 2 amide bonds. The number of rotatable bonds is 7. The minimum Gasteiger partial charge on any atom is -0.493 e. The molecule has 0 atom stereocenters. The highest BCUT2D eigenvalue weighted by atomic mass is 35.5. The molecule has 6 heteroatoms. The second-order valence-electron chi connectivity index (χ2n) is 6.94. The number of benzene rings is 2. The van der Waals surface area contributed by atoms with Crippen LogP contribution in [0.15, 0.2) is 54.6 Å². The molecule has 148 valence electrons. The van der Waals surface area contributed by atoms with E-state index >= 15 is 0 Å². The molecule has 0 unspecified atom stereocenters. The van der Waals surface area contributed by atoms with Gasteiger partial charge in [0.25, 0.3) is 0 Å². The second-order valence-corrected chi connectivity index (χ2v) is 7.37. The SMILES string of the molecule is O=C(CCOc1ccccc1)NC1CCN(C(=O)Cc2ccc(Cl)cc2)CC1. The number of likely N-dealkylation sites (tertiary alicyclic amines) is 1. The van der Waals surface area contributed by atoms with Crippen LogP contribution in [-0.2, 0) is 16.0 Å². The van der Waals surface area contributed by atoms with E-state index in [1.807, 2.05) is 47.4 Å². The smallest absolute Gasteiger partial charge is 0.226 e. The fraction of sp³-hybridized carbons (Fsp3) is 0.364. The number of hydrogen-bond donors (Lipinski definition) is 1. The Bertz CT molecular complexity index is 772. The van der Waals surface area contributed by atoms with Gasteiger partial charge in [0, 0.05) is 24.2 Å². The molecule has 5 nitrogen and oxygen atoms in total. The van der Waals surface area contributed by atoms with Gasteiger partial charge < -0.3 is 15.0 Å². The van der Waals surface area contributed by atoms with Gasteiger partial charge in [0.15, 0.2) is 0 Å². The Labute approximate surface area is 170 Å². The van der Waals surface area contributed by atoms with Crippen molar-refractivity contribution in [3.05, 3.63) is 65.2 Å². The summed E-state index contributed by atoms with van der Waals surface area (Å²) in [6, 6.07) is 16.9. The van der Waals surface area contributed by atoms with Crippen LogP contribution in [0, 0.1) is 0 Å². The van der Waals surface area contributed by atoms with Crippen molar-refractivity contribution in [2.45, 2.75) is 31.7 Å². The maximum Gasteiger partial charge on any atom is 0.226 e. The fourth-order valence-electron chi connectivity index (χ4n) is 3.24. The molecular weight excluding hydrogens is 376 g/mol. The van der Waals surface area contributed by atoms with Crippen molar-refractivity contribution in [1.82, 2.24) is 10.2 Å². The zero-order valence-corrected chi connectivity index (χ0v) is 16.5. The van der Waals surface area contributed by atoms with Crippen LogP contribution >= 0.6 is 11.6 Å². The van der Waals surface area contributed by atoms with E-state index < -0.39 is 0 Å². The Hall–Kier alpha value is -2.53. The van der Waals surface area contributed by atoms with Gasteiger partial charge in [-0.25, -0.2) is 0 Å². The van der Waals surface area contributed by atoms with Crippen LogP contribution < -0.4 is 10.1 Å². The van der Waals surface area contributed by atoms with Crippen molar-refractivity contribution >= 4 is 23.4 Å². The van der Waals surface area contributed by atoms with Crippen molar-refractivity contribution in [3.8, 4) is 5.75 Å². The molecule has 1 N–H and O–H groups in total. The summed E-state index contributed by atoms with van der Waals surface area (Å²) in [5, 5.41) is 3.72. The van der Waals surface area contributed by atoms with Crippen LogP contribution in [0.25, 0.3) is 0 Å². The summed E-state index contributed by atoms with van der Waals surface area (Å²) in [5.41, 5.74) is 0.961. The third-order valence-electron chi connectivity index (χ3n) is 4.82. The average Bonchev–Trinajstić information content (AvgIpc) is 2.71. The summed E-state index contributed by atoms with van der Waals surface area (Å²) < 4.78 is 5.56. The molecular formula is C22H25ClN2O3. The van der Waals surface area contributed by atoms with E-state index in [1.54, 1.807) is 12.1 Å². The molecule has 3 rings (SSSR count). The molecule has 1 aliphatic heterocycles. The number of hydrogen-bond acceptors (Lipinski definition) is 3. The molecule has 0 aliphatic carbocycles. The van der Waals surface area contributed by atoms with Gasteiger partial charge in [0.2, 0.25) is 11.8 Å². The van der Waals surface area contributed by atoms with Crippen LogP contribution in [0.1, 0.15) is 24.8 Å². The largest absolute Gasteiger partial charge is 0.493 e. The maximum absolute atomic E-state index is 12.4. The van der Waals surface area contributed by atoms with E-state index in [4.69, 9.17) is 16.3 Å². The van der Waals surface area contributed by atoms with Gasteiger partial charge in [-0.1, -0.05) is 41.9 Å². The number of carbonyl (C=O) groups excluding carboxylic acids is 2. The van der Waals surface area contributed by atoms with Gasteiger partial charge >= 0.3 is 0 Å². The van der Waals surface area contributed by atoms with Gasteiger partial charge in [0.05, 0.1) is 19.4 Å². The van der Waals surface area contributed by atoms with Crippen molar-refractivity contribution < 1.29 is 14.3 Å². The minimum absolute atomic E-state index is 0.0122. The van der Waals surface area contributed by atoms with Crippen molar-refractivity contribution in [1.29, 1.82) is 0 Å². The summed E-state index contributed by atoms with van der Waals surface area (Å²) in [7, 11) is 0. The first-order chi connectivity index (χ1) is 13.6. The fourth-order valence-corrected chi connectivity index (χ4v) is 3.37. The molecule has 28 heavy (non-hydrogen) atoms. The van der Waals surface area contributed by atoms with Gasteiger partial charge in [-0.05, 0) is 42.7 Å². The molecule has 0 aromatic heterocycles. The van der Waals surface area contributed by atoms with E-state index in [0.29, 0.717) is 37.6 Å². The number of amides is 2. The van der Waals surface area contributed by atoms with Gasteiger partial charge in [-0.15, -0.1) is 0 Å². The number of para-hydroxylation sites is 1. The number of nitrogens with zero attached hydrogens (tertiary/aromatic N) is 1. The van der Waals surface area contributed by atoms with E-state index in [1.165, 1.54) is 0 Å². The van der Waals surface area contributed by atoms with E-state index in [9.17, 15) is 9.59 Å². The summed E-state index contributed by atoms with van der Waals surface area (Å²) in [5.74, 6) is 0.869. The Morgan fingerprint density at radius 1 is 1.04 bits per heavy atom. The number of halogens is 1. The van der Waals surface area contributed by atoms with Crippen LogP contribution in [0.5, 0.6) is 5.75 Å². The number of nitrogens with one attached hydrogen (secondary N) is 1. The molecule has 0 saturated carbocycles. The highest BCUT2D eigenvalue weighted by Crippen LogP contribution is 2.15. The summed E-state index contributed by atoms with van der Waals surface area (Å²) in [4.78, 5) is 26.4. The number of carbonyl (C=O) groups is 2. The van der Waals surface area contributed by atoms with Gasteiger partial charge in [-0.2, -0.15) is 0 Å². The zero-order valence-electron chi connectivity index (χ0n) is 15.8. The molecule has 2 aromatic carbocycles. The lowest BCUT2D eigenvalue weighted by Crippen LogP contribution is -2.47. The zero-order chi connectivity index (χ0) is 19.8. The Morgan fingerprint density at radius 3 is 2.39 bits per heavy atom. The minimum atomic E-state index is -0.0122. The van der Waals surface area contributed by atoms with Crippen LogP contribution in [-0.4, -0.2) is 42.5 Å². The van der Waals surface area contributed by atoms with Crippen molar-refractivity contribution in [2.75, 3.05) is 19.7 Å². The lowest BCUT2D eigenvalue weighted by molar-refractivity contribution is -0.131. The summed E-state index contributed by atoms with van der Waals surface area (Å²) in [6.07, 6.45) is 2.25. The predicted octanol–water partition coefficient (Wildman–Crippen LogP) is 3.46. The summed E-state index contributed by atoms with van der Waals surface area (Å²) in [6.45, 7) is 1.68. The predicted molar refractivity (Wildman–Crippen MR) is 109 cm³/mol. The van der Waals surface area contributed by atoms with Gasteiger partial charge in [0.1, 0.15) is 5.75 Å². The van der Waals surface area contributed by atoms with E-state index in [2.05, 4.69) is 5.32 Å². The number of piperidine rings is 1. The molecule has 1 saturated heterocycles. The van der Waals surface area contributed by atoms with Crippen molar-refractivity contribution in [3.63, 3.8) is 0 Å². The lowest BCUT2D eigenvalue weighted by Gasteiger charge is -2.32. The summed E-state index contributed by atoms with van der Waals surface area (Å²) >= 11 is 5.88. The molecule has 1 heterocycles. The standard InChI is InChI=1S/C22H25ClN2O3/c23-18-8-6-17(7-9-18)16-22(27)25-13-10-19(11-14-25)24-21(26)12-15-28-20-4-2-1-3-5-20/h1-9,19H,10-16H2,(H,24,26). The molecule has 2 aromatic rings. The lowest BCUT2D eigenvalue weighted by atomic mass is 10.0. The topological polar surface area (TPSA) is 58.6 Å². The number of ether oxygens (including phenoxy) is 1. The molecule has 0 bridgehead atoms. The van der Waals surface area contributed by atoms with Crippen molar-refractivity contribution in [2.24, 2.45) is 0 Å².